The number of ether oxygens (including phenoxy) is 2. The van der Waals surface area contributed by atoms with E-state index in [9.17, 15) is 9.18 Å². The first-order chi connectivity index (χ1) is 17.6. The van der Waals surface area contributed by atoms with Gasteiger partial charge in [0.1, 0.15) is 23.0 Å². The van der Waals surface area contributed by atoms with Gasteiger partial charge in [-0.1, -0.05) is 17.3 Å². The molecule has 186 valence electrons. The molecule has 4 aromatic rings. The summed E-state index contributed by atoms with van der Waals surface area (Å²) in [7, 11) is 1.53. The number of rotatable bonds is 8. The Balaban J connectivity index is 1.57. The summed E-state index contributed by atoms with van der Waals surface area (Å²) in [4.78, 5) is 17.5. The third kappa shape index (κ3) is 4.96. The van der Waals surface area contributed by atoms with Crippen LogP contribution in [-0.4, -0.2) is 49.4 Å². The van der Waals surface area contributed by atoms with Crippen LogP contribution in [0.15, 0.2) is 75.9 Å². The number of halogens is 1. The smallest absolute Gasteiger partial charge is 0.258 e. The molecule has 5 rings (SSSR count). The Bertz CT molecular complexity index is 1300. The predicted octanol–water partition coefficient (Wildman–Crippen LogP) is 4.76. The van der Waals surface area contributed by atoms with Crippen LogP contribution in [0.25, 0.3) is 11.3 Å². The molecule has 0 saturated carbocycles. The monoisotopic (exact) mass is 491 g/mol. The zero-order chi connectivity index (χ0) is 24.9. The van der Waals surface area contributed by atoms with E-state index in [1.165, 1.54) is 19.2 Å². The van der Waals surface area contributed by atoms with Crippen molar-refractivity contribution in [2.45, 2.75) is 13.1 Å². The minimum absolute atomic E-state index is 0.181. The molecule has 1 saturated heterocycles. The summed E-state index contributed by atoms with van der Waals surface area (Å²) in [6, 6.07) is 16.7. The average molecular weight is 492 g/mol. The fraction of sp³-hybridized carbons (Fsp3) is 0.259. The number of anilines is 1. The van der Waals surface area contributed by atoms with E-state index in [-0.39, 0.29) is 24.8 Å². The Morgan fingerprint density at radius 3 is 2.56 bits per heavy atom. The fourth-order valence-corrected chi connectivity index (χ4v) is 4.27. The van der Waals surface area contributed by atoms with Crippen molar-refractivity contribution in [2.75, 3.05) is 38.3 Å². The van der Waals surface area contributed by atoms with Crippen LogP contribution >= 0.6 is 0 Å². The van der Waals surface area contributed by atoms with Gasteiger partial charge in [-0.05, 0) is 48.5 Å². The molecule has 2 aromatic carbocycles. The molecule has 1 amide bonds. The molecule has 0 unspecified atom stereocenters. The van der Waals surface area contributed by atoms with Crippen LogP contribution in [0, 0.1) is 5.82 Å². The van der Waals surface area contributed by atoms with Crippen molar-refractivity contribution >= 4 is 11.8 Å². The lowest BCUT2D eigenvalue weighted by atomic mass is 10.1. The maximum Gasteiger partial charge on any atom is 0.258 e. The number of carbonyl (C=O) groups excluding carboxylic acids is 1. The van der Waals surface area contributed by atoms with Gasteiger partial charge in [-0.2, -0.15) is 0 Å². The third-order valence-corrected chi connectivity index (χ3v) is 6.08. The molecule has 0 atom stereocenters. The summed E-state index contributed by atoms with van der Waals surface area (Å²) < 4.78 is 36.0. The second-order valence-corrected chi connectivity index (χ2v) is 8.36. The van der Waals surface area contributed by atoms with Crippen LogP contribution in [0.3, 0.4) is 0 Å². The van der Waals surface area contributed by atoms with E-state index in [4.69, 9.17) is 18.4 Å². The number of amides is 1. The van der Waals surface area contributed by atoms with E-state index >= 15 is 0 Å². The van der Waals surface area contributed by atoms with Crippen LogP contribution in [0.5, 0.6) is 5.75 Å². The summed E-state index contributed by atoms with van der Waals surface area (Å²) in [5.74, 6) is 1.09. The number of benzene rings is 2. The number of methoxy groups -OCH3 is 1. The maximum atomic E-state index is 13.8. The minimum Gasteiger partial charge on any atom is -0.496 e. The van der Waals surface area contributed by atoms with Gasteiger partial charge in [0.2, 0.25) is 5.88 Å². The van der Waals surface area contributed by atoms with Gasteiger partial charge in [0, 0.05) is 18.7 Å². The summed E-state index contributed by atoms with van der Waals surface area (Å²) in [5.41, 5.74) is 2.39. The molecular formula is C27H26FN3O5. The summed E-state index contributed by atoms with van der Waals surface area (Å²) in [6.07, 6.45) is 1.57. The highest BCUT2D eigenvalue weighted by Gasteiger charge is 2.29. The van der Waals surface area contributed by atoms with Gasteiger partial charge >= 0.3 is 0 Å². The highest BCUT2D eigenvalue weighted by molar-refractivity contribution is 5.97. The number of aromatic nitrogens is 1. The van der Waals surface area contributed by atoms with Gasteiger partial charge in [0.05, 0.1) is 50.8 Å². The van der Waals surface area contributed by atoms with Crippen molar-refractivity contribution in [1.82, 2.24) is 10.1 Å². The number of para-hydroxylation sites is 1. The normalized spacial score (nSPS) is 13.6. The Kier molecular flexibility index (Phi) is 6.99. The number of nitrogens with zero attached hydrogens (tertiary/aromatic N) is 3. The number of hydrogen-bond donors (Lipinski definition) is 0. The molecule has 2 aromatic heterocycles. The predicted molar refractivity (Wildman–Crippen MR) is 130 cm³/mol. The Hall–Kier alpha value is -4.11. The van der Waals surface area contributed by atoms with E-state index in [1.54, 1.807) is 47.6 Å². The average Bonchev–Trinajstić information content (AvgIpc) is 3.59. The van der Waals surface area contributed by atoms with Gasteiger partial charge < -0.3 is 28.2 Å². The van der Waals surface area contributed by atoms with Crippen molar-refractivity contribution in [2.24, 2.45) is 0 Å². The van der Waals surface area contributed by atoms with Crippen LogP contribution in [0.1, 0.15) is 21.7 Å². The second-order valence-electron chi connectivity index (χ2n) is 8.36. The molecule has 0 bridgehead atoms. The quantitative estimate of drug-likeness (QED) is 0.351. The molecule has 0 radical (unpaired) electrons. The lowest BCUT2D eigenvalue weighted by Gasteiger charge is -2.28. The first-order valence-corrected chi connectivity index (χ1v) is 11.7. The van der Waals surface area contributed by atoms with E-state index in [0.717, 1.165) is 5.56 Å². The summed E-state index contributed by atoms with van der Waals surface area (Å²) in [5, 5.41) is 4.34. The van der Waals surface area contributed by atoms with Gasteiger partial charge in [-0.25, -0.2) is 4.39 Å². The second kappa shape index (κ2) is 10.7. The Morgan fingerprint density at radius 1 is 1.06 bits per heavy atom. The molecular weight excluding hydrogens is 465 g/mol. The highest BCUT2D eigenvalue weighted by Crippen LogP contribution is 2.34. The van der Waals surface area contributed by atoms with Gasteiger partial charge in [-0.3, -0.25) is 4.79 Å². The molecule has 9 heteroatoms. The number of carbonyl (C=O) groups is 1. The Morgan fingerprint density at radius 2 is 1.83 bits per heavy atom. The minimum atomic E-state index is -0.344. The van der Waals surface area contributed by atoms with Gasteiger partial charge in [-0.15, -0.1) is 0 Å². The molecule has 8 nitrogen and oxygen atoms in total. The number of morpholine rings is 1. The van der Waals surface area contributed by atoms with Crippen LogP contribution in [0.4, 0.5) is 10.3 Å². The molecule has 0 spiro atoms. The van der Waals surface area contributed by atoms with Crippen LogP contribution < -0.4 is 9.64 Å². The van der Waals surface area contributed by atoms with Crippen molar-refractivity contribution < 1.29 is 27.6 Å². The maximum absolute atomic E-state index is 13.8. The molecule has 0 N–H and O–H groups in total. The van der Waals surface area contributed by atoms with E-state index < -0.39 is 0 Å². The molecule has 0 aliphatic carbocycles. The fourth-order valence-electron chi connectivity index (χ4n) is 4.27. The largest absolute Gasteiger partial charge is 0.496 e. The van der Waals surface area contributed by atoms with E-state index in [0.29, 0.717) is 60.5 Å². The van der Waals surface area contributed by atoms with E-state index in [2.05, 4.69) is 10.1 Å². The zero-order valence-corrected chi connectivity index (χ0v) is 19.9. The molecule has 1 fully saturated rings. The number of furan rings is 1. The molecule has 3 heterocycles. The van der Waals surface area contributed by atoms with Crippen LogP contribution in [0.2, 0.25) is 0 Å². The lowest BCUT2D eigenvalue weighted by Crippen LogP contribution is -2.37. The van der Waals surface area contributed by atoms with Gasteiger partial charge in [0.15, 0.2) is 0 Å². The van der Waals surface area contributed by atoms with Gasteiger partial charge in [0.25, 0.3) is 5.91 Å². The molecule has 36 heavy (non-hydrogen) atoms. The van der Waals surface area contributed by atoms with E-state index in [1.807, 2.05) is 12.1 Å². The SMILES string of the molecule is COc1ccccc1C(=O)N(Cc1ccco1)Cc1c(-c2ccc(F)cc2)noc1N1CCOCC1. The highest BCUT2D eigenvalue weighted by atomic mass is 19.1. The standard InChI is InChI=1S/C27H26FN3O5/c1-33-24-7-3-2-6-22(24)26(32)31(17-21-5-4-14-35-21)18-23-25(19-8-10-20(28)11-9-19)29-36-27(23)30-12-15-34-16-13-30/h2-11,14H,12-13,15-18H2,1H3. The molecule has 1 aliphatic heterocycles. The van der Waals surface area contributed by atoms with Crippen molar-refractivity contribution in [1.29, 1.82) is 0 Å². The lowest BCUT2D eigenvalue weighted by molar-refractivity contribution is 0.0714. The first kappa shape index (κ1) is 23.6. The Labute approximate surface area is 207 Å². The first-order valence-electron chi connectivity index (χ1n) is 11.7. The zero-order valence-electron chi connectivity index (χ0n) is 19.9. The molecule has 1 aliphatic rings. The topological polar surface area (TPSA) is 81.2 Å². The van der Waals surface area contributed by atoms with Crippen molar-refractivity contribution in [3.05, 3.63) is 89.6 Å². The summed E-state index contributed by atoms with van der Waals surface area (Å²) >= 11 is 0. The van der Waals surface area contributed by atoms with Crippen LogP contribution in [-0.2, 0) is 17.8 Å². The van der Waals surface area contributed by atoms with Crippen molar-refractivity contribution in [3.8, 4) is 17.0 Å². The summed E-state index contributed by atoms with van der Waals surface area (Å²) in [6.45, 7) is 2.78. The third-order valence-electron chi connectivity index (χ3n) is 6.08. The van der Waals surface area contributed by atoms with Crippen molar-refractivity contribution in [3.63, 3.8) is 0 Å². The number of hydrogen-bond acceptors (Lipinski definition) is 7.